The number of hydrogen-bond donors (Lipinski definition) is 1. The lowest BCUT2D eigenvalue weighted by Crippen LogP contribution is -2.50. The average molecular weight is 664 g/mol. The van der Waals surface area contributed by atoms with Gasteiger partial charge in [0.2, 0.25) is 0 Å². The van der Waals surface area contributed by atoms with Crippen LogP contribution in [-0.2, 0) is 6.42 Å². The Morgan fingerprint density at radius 2 is 1.67 bits per heavy atom. The molecule has 0 bridgehead atoms. The normalized spacial score (nSPS) is 33.7. The lowest BCUT2D eigenvalue weighted by atomic mass is 9.50. The van der Waals surface area contributed by atoms with Gasteiger partial charge in [-0.25, -0.2) is 4.39 Å². The smallest absolute Gasteiger partial charge is 0.453 e. The molecule has 1 aromatic rings. The monoisotopic (exact) mass is 663 g/mol. The number of phenolic OH excluding ortho intramolecular Hbond substituents is 1. The number of alkyl halides is 6. The third kappa shape index (κ3) is 7.32. The van der Waals surface area contributed by atoms with Gasteiger partial charge in [0.05, 0.1) is 5.02 Å². The van der Waals surface area contributed by atoms with Crippen molar-refractivity contribution in [1.29, 1.82) is 0 Å². The molecule has 3 aliphatic carbocycles. The van der Waals surface area contributed by atoms with Crippen molar-refractivity contribution in [2.75, 3.05) is 13.1 Å². The second-order valence-electron chi connectivity index (χ2n) is 15.2. The van der Waals surface area contributed by atoms with Crippen LogP contribution in [0.1, 0.15) is 127 Å². The molecule has 1 aromatic carbocycles. The van der Waals surface area contributed by atoms with E-state index < -0.39 is 24.7 Å². The van der Waals surface area contributed by atoms with Crippen LogP contribution in [0.15, 0.2) is 12.1 Å². The van der Waals surface area contributed by atoms with Gasteiger partial charge in [-0.1, -0.05) is 63.6 Å². The zero-order chi connectivity index (χ0) is 32.6. The van der Waals surface area contributed by atoms with Crippen molar-refractivity contribution in [2.24, 2.45) is 29.1 Å². The van der Waals surface area contributed by atoms with Gasteiger partial charge in [-0.05, 0) is 124 Å². The van der Waals surface area contributed by atoms with Gasteiger partial charge < -0.3 is 10.0 Å². The number of benzene rings is 1. The first kappa shape index (κ1) is 35.2. The molecule has 2 nitrogen and oxygen atoms in total. The van der Waals surface area contributed by atoms with Crippen molar-refractivity contribution in [3.05, 3.63) is 28.3 Å². The van der Waals surface area contributed by atoms with Crippen molar-refractivity contribution >= 4 is 11.6 Å². The molecule has 8 atom stereocenters. The largest absolute Gasteiger partial charge is 0.506 e. The Bertz CT molecular complexity index is 1150. The summed E-state index contributed by atoms with van der Waals surface area (Å²) >= 11 is 6.63. The summed E-state index contributed by atoms with van der Waals surface area (Å²) in [6.07, 6.45) is 5.65. The van der Waals surface area contributed by atoms with Crippen LogP contribution in [-0.4, -0.2) is 47.4 Å². The minimum atomic E-state index is -5.46. The molecule has 0 radical (unpaired) electrons. The fourth-order valence-corrected chi connectivity index (χ4v) is 10.2. The molecule has 45 heavy (non-hydrogen) atoms. The summed E-state index contributed by atoms with van der Waals surface area (Å²) in [5, 5.41) is 10.8. The van der Waals surface area contributed by atoms with Crippen molar-refractivity contribution in [2.45, 2.75) is 147 Å². The van der Waals surface area contributed by atoms with E-state index in [4.69, 9.17) is 11.6 Å². The standard InChI is InChI=1S/C36H52ClF6NO/c1-23-14-16-28-31-24(21-27-26(15-17-30(45)33(27)37)32(31)29(38)22-34(23,28)2)11-6-5-9-19-44-20-10-13-25(44)12-7-3-4-8-18-35(39,40)36(41,42)43/h15,17,23-25,28-29,31-32,45H,3-14,16,18-22H2,1-2H3/t23?,24-,25?,28?,29?,31?,32?,34?/m1/s1. The predicted octanol–water partition coefficient (Wildman–Crippen LogP) is 11.3. The number of hydrogen-bond acceptors (Lipinski definition) is 2. The van der Waals surface area contributed by atoms with Gasteiger partial charge in [0.25, 0.3) is 0 Å². The highest BCUT2D eigenvalue weighted by atomic mass is 35.5. The Labute approximate surface area is 270 Å². The van der Waals surface area contributed by atoms with Crippen molar-refractivity contribution < 1.29 is 31.4 Å². The van der Waals surface area contributed by atoms with E-state index in [0.29, 0.717) is 54.0 Å². The minimum Gasteiger partial charge on any atom is -0.506 e. The minimum absolute atomic E-state index is 0.0377. The Balaban J connectivity index is 1.10. The van der Waals surface area contributed by atoms with Gasteiger partial charge in [-0.2, -0.15) is 22.0 Å². The quantitative estimate of drug-likeness (QED) is 0.168. The van der Waals surface area contributed by atoms with Gasteiger partial charge in [0.15, 0.2) is 0 Å². The summed E-state index contributed by atoms with van der Waals surface area (Å²) in [4.78, 5) is 2.54. The van der Waals surface area contributed by atoms with Gasteiger partial charge in [0.1, 0.15) is 11.9 Å². The molecule has 3 fully saturated rings. The van der Waals surface area contributed by atoms with E-state index in [9.17, 15) is 27.1 Å². The highest BCUT2D eigenvalue weighted by Gasteiger charge is 2.59. The summed E-state index contributed by atoms with van der Waals surface area (Å²) in [6, 6.07) is 4.04. The fraction of sp³-hybridized carbons (Fsp3) is 0.833. The van der Waals surface area contributed by atoms with Crippen LogP contribution in [0, 0.1) is 29.1 Å². The Kier molecular flexibility index (Phi) is 11.1. The molecule has 1 heterocycles. The molecule has 1 N–H and O–H groups in total. The van der Waals surface area contributed by atoms with Crippen LogP contribution in [0.25, 0.3) is 0 Å². The third-order valence-corrected chi connectivity index (χ3v) is 13.1. The topological polar surface area (TPSA) is 23.5 Å². The Hall–Kier alpha value is -1.15. The molecule has 1 saturated heterocycles. The first-order chi connectivity index (χ1) is 21.2. The SMILES string of the molecule is CC1CCC2C3C(c4ccc(O)c(Cl)c4C[C@H]3CCCCCN3CCCC3CCCCCCC(F)(F)C(F)(F)F)C(F)CC12C. The summed E-state index contributed by atoms with van der Waals surface area (Å²) < 4.78 is 79.5. The average Bonchev–Trinajstić information content (AvgIpc) is 3.54. The first-order valence-corrected chi connectivity index (χ1v) is 18.0. The van der Waals surface area contributed by atoms with Gasteiger partial charge >= 0.3 is 12.1 Å². The van der Waals surface area contributed by atoms with Crippen molar-refractivity contribution in [3.8, 4) is 5.75 Å². The molecule has 5 rings (SSSR count). The molecule has 1 aliphatic heterocycles. The second kappa shape index (κ2) is 14.1. The molecule has 0 spiro atoms. The van der Waals surface area contributed by atoms with E-state index in [2.05, 4.69) is 18.7 Å². The molecule has 256 valence electrons. The lowest BCUT2D eigenvalue weighted by molar-refractivity contribution is -0.284. The molecule has 0 amide bonds. The number of halogens is 7. The lowest BCUT2D eigenvalue weighted by Gasteiger charge is -2.55. The predicted molar refractivity (Wildman–Crippen MR) is 168 cm³/mol. The number of phenols is 1. The molecule has 9 heteroatoms. The van der Waals surface area contributed by atoms with Crippen LogP contribution in [0.4, 0.5) is 26.3 Å². The van der Waals surface area contributed by atoms with Crippen molar-refractivity contribution in [3.63, 3.8) is 0 Å². The first-order valence-electron chi connectivity index (χ1n) is 17.6. The van der Waals surface area contributed by atoms with E-state index in [1.807, 2.05) is 6.07 Å². The zero-order valence-corrected chi connectivity index (χ0v) is 27.7. The maximum absolute atomic E-state index is 16.2. The van der Waals surface area contributed by atoms with Crippen LogP contribution in [0.5, 0.6) is 5.75 Å². The van der Waals surface area contributed by atoms with E-state index in [1.165, 1.54) is 6.42 Å². The Morgan fingerprint density at radius 3 is 2.42 bits per heavy atom. The van der Waals surface area contributed by atoms with Crippen LogP contribution in [0.2, 0.25) is 5.02 Å². The fourth-order valence-electron chi connectivity index (χ4n) is 9.97. The molecule has 7 unspecified atom stereocenters. The summed E-state index contributed by atoms with van der Waals surface area (Å²) in [6.45, 7) is 6.71. The molecular formula is C36H52ClF6NO. The number of aromatic hydroxyl groups is 1. The Morgan fingerprint density at radius 1 is 0.956 bits per heavy atom. The van der Waals surface area contributed by atoms with Crippen LogP contribution < -0.4 is 0 Å². The number of nitrogens with zero attached hydrogens (tertiary/aromatic N) is 1. The van der Waals surface area contributed by atoms with Gasteiger partial charge in [-0.3, -0.25) is 0 Å². The number of likely N-dealkylation sites (tertiary alicyclic amines) is 1. The number of unbranched alkanes of at least 4 members (excludes halogenated alkanes) is 5. The molecular weight excluding hydrogens is 612 g/mol. The van der Waals surface area contributed by atoms with Crippen LogP contribution in [0.3, 0.4) is 0 Å². The highest BCUT2D eigenvalue weighted by molar-refractivity contribution is 6.32. The second-order valence-corrected chi connectivity index (χ2v) is 15.6. The molecule has 0 aromatic heterocycles. The highest BCUT2D eigenvalue weighted by Crippen LogP contribution is 2.65. The van der Waals surface area contributed by atoms with Crippen molar-refractivity contribution in [1.82, 2.24) is 4.90 Å². The summed E-state index contributed by atoms with van der Waals surface area (Å²) in [7, 11) is 0. The molecule has 2 saturated carbocycles. The van der Waals surface area contributed by atoms with E-state index in [-0.39, 0.29) is 23.5 Å². The zero-order valence-electron chi connectivity index (χ0n) is 27.0. The summed E-state index contributed by atoms with van der Waals surface area (Å²) in [5.74, 6) is -2.95. The third-order valence-electron chi connectivity index (χ3n) is 12.6. The van der Waals surface area contributed by atoms with Crippen LogP contribution >= 0.6 is 11.6 Å². The van der Waals surface area contributed by atoms with E-state index >= 15 is 4.39 Å². The van der Waals surface area contributed by atoms with Gasteiger partial charge in [-0.15, -0.1) is 0 Å². The van der Waals surface area contributed by atoms with E-state index in [1.54, 1.807) is 6.07 Å². The maximum Gasteiger partial charge on any atom is 0.453 e. The summed E-state index contributed by atoms with van der Waals surface area (Å²) in [5.41, 5.74) is 2.01. The maximum atomic E-state index is 16.2. The molecule has 4 aliphatic rings. The van der Waals surface area contributed by atoms with E-state index in [0.717, 1.165) is 88.4 Å². The number of fused-ring (bicyclic) bond motifs is 5. The number of rotatable bonds is 13. The van der Waals surface area contributed by atoms with Gasteiger partial charge in [0, 0.05) is 18.4 Å².